The third kappa shape index (κ3) is 7.28. The number of carbonyl (C=O) groups is 1. The largest absolute Gasteiger partial charge is 0.354 e. The quantitative estimate of drug-likeness (QED) is 0.562. The van der Waals surface area contributed by atoms with E-state index in [-0.39, 0.29) is 12.5 Å². The number of nitrogens with zero attached hydrogens (tertiary/aromatic N) is 2. The van der Waals surface area contributed by atoms with Crippen molar-refractivity contribution in [3.63, 3.8) is 0 Å². The number of thiophene rings is 1. The van der Waals surface area contributed by atoms with Gasteiger partial charge >= 0.3 is 0 Å². The van der Waals surface area contributed by atoms with Crippen molar-refractivity contribution in [1.29, 1.82) is 0 Å². The number of guanidine groups is 1. The number of aliphatic imine (C=N–C) groups is 1. The topological polar surface area (TPSA) is 56.7 Å². The van der Waals surface area contributed by atoms with Gasteiger partial charge in [-0.05, 0) is 36.5 Å². The van der Waals surface area contributed by atoms with Crippen molar-refractivity contribution >= 4 is 35.0 Å². The van der Waals surface area contributed by atoms with Crippen LogP contribution in [0.15, 0.2) is 22.5 Å². The minimum atomic E-state index is 0.0142. The maximum atomic E-state index is 11.9. The zero-order valence-electron chi connectivity index (χ0n) is 15.5. The zero-order chi connectivity index (χ0) is 18.1. The highest BCUT2D eigenvalue weighted by atomic mass is 32.2. The van der Waals surface area contributed by atoms with E-state index in [1.807, 2.05) is 0 Å². The summed E-state index contributed by atoms with van der Waals surface area (Å²) in [6.45, 7) is 3.14. The SMILES string of the molecule is CCSC1CCCC(NC(=NCC(=O)N(C)C)NCc2cccs2)C1. The summed E-state index contributed by atoms with van der Waals surface area (Å²) in [6.07, 6.45) is 4.90. The van der Waals surface area contributed by atoms with Crippen LogP contribution in [0.2, 0.25) is 0 Å². The molecule has 0 radical (unpaired) electrons. The van der Waals surface area contributed by atoms with Crippen LogP contribution in [0.4, 0.5) is 0 Å². The molecule has 5 nitrogen and oxygen atoms in total. The summed E-state index contributed by atoms with van der Waals surface area (Å²) in [4.78, 5) is 19.2. The number of hydrogen-bond acceptors (Lipinski definition) is 4. The standard InChI is InChI=1S/C18H30N4OS2/c1-4-24-15-8-5-7-14(11-15)21-18(20-13-17(23)22(2)3)19-12-16-9-6-10-25-16/h6,9-10,14-15H,4-5,7-8,11-13H2,1-3H3,(H2,19,20,21). The predicted octanol–water partition coefficient (Wildman–Crippen LogP) is 2.94. The van der Waals surface area contributed by atoms with Crippen LogP contribution in [-0.4, -0.2) is 54.5 Å². The lowest BCUT2D eigenvalue weighted by atomic mass is 9.95. The molecule has 1 amide bonds. The molecule has 25 heavy (non-hydrogen) atoms. The lowest BCUT2D eigenvalue weighted by Gasteiger charge is -2.30. The van der Waals surface area contributed by atoms with Crippen molar-refractivity contribution in [3.8, 4) is 0 Å². The number of nitrogens with one attached hydrogen (secondary N) is 2. The fraction of sp³-hybridized carbons (Fsp3) is 0.667. The number of hydrogen-bond donors (Lipinski definition) is 2. The van der Waals surface area contributed by atoms with Gasteiger partial charge in [0.05, 0.1) is 6.54 Å². The molecule has 1 aromatic heterocycles. The number of thioether (sulfide) groups is 1. The zero-order valence-corrected chi connectivity index (χ0v) is 17.1. The molecule has 1 aromatic rings. The first-order valence-electron chi connectivity index (χ1n) is 8.97. The molecule has 0 bridgehead atoms. The Kier molecular flexibility index (Phi) is 8.61. The van der Waals surface area contributed by atoms with Crippen LogP contribution >= 0.6 is 23.1 Å². The highest BCUT2D eigenvalue weighted by Gasteiger charge is 2.22. The van der Waals surface area contributed by atoms with Gasteiger partial charge in [-0.1, -0.05) is 19.4 Å². The molecule has 2 rings (SSSR count). The molecule has 1 heterocycles. The number of likely N-dealkylation sites (N-methyl/N-ethyl adjacent to an activating group) is 1. The van der Waals surface area contributed by atoms with Gasteiger partial charge in [0, 0.05) is 30.3 Å². The molecular formula is C18H30N4OS2. The third-order valence-corrected chi connectivity index (χ3v) is 6.36. The van der Waals surface area contributed by atoms with Gasteiger partial charge in [0.25, 0.3) is 0 Å². The Hall–Kier alpha value is -1.21. The van der Waals surface area contributed by atoms with Crippen molar-refractivity contribution in [2.24, 2.45) is 4.99 Å². The van der Waals surface area contributed by atoms with E-state index in [0.717, 1.165) is 17.8 Å². The molecule has 0 spiro atoms. The van der Waals surface area contributed by atoms with Crippen LogP contribution < -0.4 is 10.6 Å². The molecule has 2 atom stereocenters. The smallest absolute Gasteiger partial charge is 0.243 e. The first-order valence-corrected chi connectivity index (χ1v) is 10.9. The minimum Gasteiger partial charge on any atom is -0.354 e. The summed E-state index contributed by atoms with van der Waals surface area (Å²) in [5.41, 5.74) is 0. The van der Waals surface area contributed by atoms with E-state index in [1.165, 1.54) is 36.3 Å². The molecule has 1 aliphatic carbocycles. The second kappa shape index (κ2) is 10.7. The van der Waals surface area contributed by atoms with Crippen LogP contribution in [0.5, 0.6) is 0 Å². The van der Waals surface area contributed by atoms with Crippen molar-refractivity contribution < 1.29 is 4.79 Å². The summed E-state index contributed by atoms with van der Waals surface area (Å²) in [7, 11) is 3.52. The maximum absolute atomic E-state index is 11.9. The molecule has 7 heteroatoms. The Morgan fingerprint density at radius 3 is 2.96 bits per heavy atom. The van der Waals surface area contributed by atoms with Gasteiger partial charge in [0.15, 0.2) is 5.96 Å². The maximum Gasteiger partial charge on any atom is 0.243 e. The lowest BCUT2D eigenvalue weighted by Crippen LogP contribution is -2.46. The van der Waals surface area contributed by atoms with Crippen molar-refractivity contribution in [1.82, 2.24) is 15.5 Å². The number of rotatable bonds is 7. The van der Waals surface area contributed by atoms with Crippen LogP contribution in [0.25, 0.3) is 0 Å². The Balaban J connectivity index is 1.94. The van der Waals surface area contributed by atoms with Crippen molar-refractivity contribution in [2.45, 2.75) is 50.4 Å². The first kappa shape index (κ1) is 20.1. The van der Waals surface area contributed by atoms with E-state index >= 15 is 0 Å². The van der Waals surface area contributed by atoms with Crippen LogP contribution in [0, 0.1) is 0 Å². The molecule has 0 saturated heterocycles. The number of carbonyl (C=O) groups excluding carboxylic acids is 1. The highest BCUT2D eigenvalue weighted by molar-refractivity contribution is 7.99. The summed E-state index contributed by atoms with van der Waals surface area (Å²) in [5, 5.41) is 9.75. The molecule has 2 unspecified atom stereocenters. The average molecular weight is 383 g/mol. The Morgan fingerprint density at radius 2 is 2.28 bits per heavy atom. The van der Waals surface area contributed by atoms with E-state index in [0.29, 0.717) is 6.04 Å². The molecule has 1 aliphatic rings. The second-order valence-electron chi connectivity index (χ2n) is 6.47. The average Bonchev–Trinajstić information content (AvgIpc) is 3.11. The molecule has 0 aliphatic heterocycles. The van der Waals surface area contributed by atoms with Gasteiger partial charge in [-0.3, -0.25) is 4.79 Å². The Bertz CT molecular complexity index is 543. The highest BCUT2D eigenvalue weighted by Crippen LogP contribution is 2.28. The molecule has 1 saturated carbocycles. The Morgan fingerprint density at radius 1 is 1.44 bits per heavy atom. The van der Waals surface area contributed by atoms with Gasteiger partial charge in [0.2, 0.25) is 5.91 Å². The summed E-state index contributed by atoms with van der Waals surface area (Å²) in [5.74, 6) is 1.93. The fourth-order valence-corrected chi connectivity index (χ4v) is 4.70. The van der Waals surface area contributed by atoms with Gasteiger partial charge in [-0.25, -0.2) is 4.99 Å². The molecule has 140 valence electrons. The monoisotopic (exact) mass is 382 g/mol. The second-order valence-corrected chi connectivity index (χ2v) is 9.08. The third-order valence-electron chi connectivity index (χ3n) is 4.25. The molecule has 1 fully saturated rings. The molecule has 0 aromatic carbocycles. The summed E-state index contributed by atoms with van der Waals surface area (Å²) < 4.78 is 0. The normalized spacial score (nSPS) is 21.0. The summed E-state index contributed by atoms with van der Waals surface area (Å²) in [6, 6.07) is 4.59. The minimum absolute atomic E-state index is 0.0142. The van der Waals surface area contributed by atoms with Crippen LogP contribution in [0.1, 0.15) is 37.5 Å². The number of amides is 1. The lowest BCUT2D eigenvalue weighted by molar-refractivity contribution is -0.127. The molecule has 2 N–H and O–H groups in total. The predicted molar refractivity (Wildman–Crippen MR) is 109 cm³/mol. The van der Waals surface area contributed by atoms with Gasteiger partial charge < -0.3 is 15.5 Å². The van der Waals surface area contributed by atoms with Crippen LogP contribution in [-0.2, 0) is 11.3 Å². The van der Waals surface area contributed by atoms with Gasteiger partial charge in [-0.15, -0.1) is 11.3 Å². The van der Waals surface area contributed by atoms with E-state index in [4.69, 9.17) is 0 Å². The fourth-order valence-electron chi connectivity index (χ4n) is 2.88. The van der Waals surface area contributed by atoms with Crippen molar-refractivity contribution in [3.05, 3.63) is 22.4 Å². The van der Waals surface area contributed by atoms with E-state index in [1.54, 1.807) is 30.3 Å². The van der Waals surface area contributed by atoms with E-state index < -0.39 is 0 Å². The molecular weight excluding hydrogens is 352 g/mol. The van der Waals surface area contributed by atoms with E-state index in [9.17, 15) is 4.79 Å². The van der Waals surface area contributed by atoms with Gasteiger partial charge in [0.1, 0.15) is 6.54 Å². The summed E-state index contributed by atoms with van der Waals surface area (Å²) >= 11 is 3.78. The van der Waals surface area contributed by atoms with Crippen molar-refractivity contribution in [2.75, 3.05) is 26.4 Å². The van der Waals surface area contributed by atoms with Crippen LogP contribution in [0.3, 0.4) is 0 Å². The van der Waals surface area contributed by atoms with Gasteiger partial charge in [-0.2, -0.15) is 11.8 Å². The first-order chi connectivity index (χ1) is 12.1. The van der Waals surface area contributed by atoms with E-state index in [2.05, 4.69) is 51.8 Å². The Labute approximate surface area is 159 Å².